The molecule has 0 unspecified atom stereocenters. The van der Waals surface area contributed by atoms with Gasteiger partial charge in [-0.2, -0.15) is 0 Å². The van der Waals surface area contributed by atoms with Crippen molar-refractivity contribution in [2.45, 2.75) is 6.61 Å². The van der Waals surface area contributed by atoms with E-state index in [0.29, 0.717) is 12.4 Å². The van der Waals surface area contributed by atoms with Crippen LogP contribution in [0.2, 0.25) is 0 Å². The number of rotatable bonds is 5. The molecule has 96 valence electrons. The number of ether oxygens (including phenoxy) is 1. The molecule has 0 N–H and O–H groups in total. The van der Waals surface area contributed by atoms with Crippen LogP contribution in [0.3, 0.4) is 0 Å². The number of hydrogen-bond donors (Lipinski definition) is 0. The lowest BCUT2D eigenvalue weighted by Crippen LogP contribution is -1.95. The monoisotopic (exact) mass is 256 g/mol. The lowest BCUT2D eigenvalue weighted by Gasteiger charge is -2.06. The lowest BCUT2D eigenvalue weighted by molar-refractivity contribution is -0.104. The summed E-state index contributed by atoms with van der Waals surface area (Å²) in [5, 5.41) is 0. The first-order chi connectivity index (χ1) is 9.28. The molecule has 0 aliphatic carbocycles. The molecule has 0 bridgehead atoms. The molecule has 0 heterocycles. The molecule has 0 aliphatic rings. The molecule has 2 rings (SSSR count). The molecule has 0 atom stereocenters. The van der Waals surface area contributed by atoms with Gasteiger partial charge in [0.15, 0.2) is 0 Å². The Labute approximate surface area is 111 Å². The van der Waals surface area contributed by atoms with E-state index >= 15 is 0 Å². The molecule has 0 spiro atoms. The number of allylic oxidation sites excluding steroid dienone is 1. The van der Waals surface area contributed by atoms with E-state index in [1.54, 1.807) is 12.1 Å². The Bertz CT molecular complexity index is 574. The first-order valence-corrected chi connectivity index (χ1v) is 5.87. The SMILES string of the molecule is O=CC=Cc1ccc(OCc2cccc(F)c2)cc1. The molecule has 0 aromatic heterocycles. The maximum Gasteiger partial charge on any atom is 0.142 e. The van der Waals surface area contributed by atoms with Gasteiger partial charge in [-0.3, -0.25) is 4.79 Å². The smallest absolute Gasteiger partial charge is 0.142 e. The molecule has 0 saturated heterocycles. The van der Waals surface area contributed by atoms with E-state index in [2.05, 4.69) is 0 Å². The summed E-state index contributed by atoms with van der Waals surface area (Å²) in [6, 6.07) is 13.6. The molecule has 2 aromatic rings. The minimum Gasteiger partial charge on any atom is -0.489 e. The summed E-state index contributed by atoms with van der Waals surface area (Å²) >= 11 is 0. The number of carbonyl (C=O) groups is 1. The molecule has 0 amide bonds. The van der Waals surface area contributed by atoms with Crippen molar-refractivity contribution >= 4 is 12.4 Å². The fourth-order valence-corrected chi connectivity index (χ4v) is 1.62. The maximum atomic E-state index is 13.0. The van der Waals surface area contributed by atoms with Gasteiger partial charge in [0.25, 0.3) is 0 Å². The summed E-state index contributed by atoms with van der Waals surface area (Å²) in [4.78, 5) is 10.2. The third-order valence-electron chi connectivity index (χ3n) is 2.54. The van der Waals surface area contributed by atoms with Crippen LogP contribution >= 0.6 is 0 Å². The van der Waals surface area contributed by atoms with Gasteiger partial charge in [0.05, 0.1) is 0 Å². The Morgan fingerprint density at radius 2 is 1.89 bits per heavy atom. The second kappa shape index (κ2) is 6.50. The summed E-state index contributed by atoms with van der Waals surface area (Å²) in [7, 11) is 0. The quantitative estimate of drug-likeness (QED) is 0.603. The van der Waals surface area contributed by atoms with Gasteiger partial charge in [0.2, 0.25) is 0 Å². The van der Waals surface area contributed by atoms with Crippen LogP contribution in [0.4, 0.5) is 4.39 Å². The topological polar surface area (TPSA) is 26.3 Å². The van der Waals surface area contributed by atoms with E-state index < -0.39 is 0 Å². The predicted molar refractivity (Wildman–Crippen MR) is 72.3 cm³/mol. The summed E-state index contributed by atoms with van der Waals surface area (Å²) in [6.45, 7) is 0.321. The molecule has 2 nitrogen and oxygen atoms in total. The van der Waals surface area contributed by atoms with Crippen LogP contribution < -0.4 is 4.74 Å². The molecule has 0 saturated carbocycles. The van der Waals surface area contributed by atoms with Crippen molar-refractivity contribution in [1.29, 1.82) is 0 Å². The van der Waals surface area contributed by atoms with Gasteiger partial charge >= 0.3 is 0 Å². The minimum absolute atomic E-state index is 0.268. The Kier molecular flexibility index (Phi) is 4.45. The van der Waals surface area contributed by atoms with Gasteiger partial charge in [-0.25, -0.2) is 4.39 Å². The Morgan fingerprint density at radius 3 is 2.58 bits per heavy atom. The van der Waals surface area contributed by atoms with Crippen molar-refractivity contribution in [2.24, 2.45) is 0 Å². The standard InChI is InChI=1S/C16H13FO2/c17-15-5-1-3-14(11-15)12-19-16-8-6-13(7-9-16)4-2-10-18/h1-11H,12H2. The highest BCUT2D eigenvalue weighted by Gasteiger charge is 1.97. The van der Waals surface area contributed by atoms with E-state index in [0.717, 1.165) is 17.4 Å². The Hall–Kier alpha value is -2.42. The lowest BCUT2D eigenvalue weighted by atomic mass is 10.2. The highest BCUT2D eigenvalue weighted by Crippen LogP contribution is 2.15. The third-order valence-corrected chi connectivity index (χ3v) is 2.54. The molecule has 0 aliphatic heterocycles. The average molecular weight is 256 g/mol. The Morgan fingerprint density at radius 1 is 1.11 bits per heavy atom. The fraction of sp³-hybridized carbons (Fsp3) is 0.0625. The van der Waals surface area contributed by atoms with Gasteiger partial charge in [0.1, 0.15) is 24.5 Å². The molecule has 0 fully saturated rings. The van der Waals surface area contributed by atoms with Crippen molar-refractivity contribution in [3.63, 3.8) is 0 Å². The summed E-state index contributed by atoms with van der Waals surface area (Å²) in [5.41, 5.74) is 1.70. The minimum atomic E-state index is -0.268. The van der Waals surface area contributed by atoms with Crippen molar-refractivity contribution in [3.05, 3.63) is 71.6 Å². The van der Waals surface area contributed by atoms with Gasteiger partial charge < -0.3 is 4.74 Å². The molecular formula is C16H13FO2. The number of hydrogen-bond acceptors (Lipinski definition) is 2. The van der Waals surface area contributed by atoms with E-state index in [1.165, 1.54) is 18.2 Å². The molecule has 0 radical (unpaired) electrons. The molecular weight excluding hydrogens is 243 g/mol. The summed E-state index contributed by atoms with van der Waals surface area (Å²) in [6.07, 6.45) is 3.88. The van der Waals surface area contributed by atoms with Crippen LogP contribution in [0.5, 0.6) is 5.75 Å². The van der Waals surface area contributed by atoms with Crippen molar-refractivity contribution < 1.29 is 13.9 Å². The fourth-order valence-electron chi connectivity index (χ4n) is 1.62. The predicted octanol–water partition coefficient (Wildman–Crippen LogP) is 3.62. The van der Waals surface area contributed by atoms with Gasteiger partial charge in [-0.15, -0.1) is 0 Å². The Balaban J connectivity index is 1.96. The second-order valence-electron chi connectivity index (χ2n) is 3.98. The number of benzene rings is 2. The van der Waals surface area contributed by atoms with Crippen molar-refractivity contribution in [1.82, 2.24) is 0 Å². The van der Waals surface area contributed by atoms with Crippen LogP contribution in [0.25, 0.3) is 6.08 Å². The number of halogens is 1. The van der Waals surface area contributed by atoms with Crippen molar-refractivity contribution in [3.8, 4) is 5.75 Å². The molecule has 2 aromatic carbocycles. The number of aldehydes is 1. The van der Waals surface area contributed by atoms with Crippen molar-refractivity contribution in [2.75, 3.05) is 0 Å². The summed E-state index contributed by atoms with van der Waals surface area (Å²) < 4.78 is 18.5. The van der Waals surface area contributed by atoms with E-state index in [4.69, 9.17) is 4.74 Å². The molecule has 3 heteroatoms. The normalized spacial score (nSPS) is 10.6. The highest BCUT2D eigenvalue weighted by atomic mass is 19.1. The zero-order chi connectivity index (χ0) is 13.5. The van der Waals surface area contributed by atoms with E-state index in [1.807, 2.05) is 30.3 Å². The third kappa shape index (κ3) is 4.07. The van der Waals surface area contributed by atoms with Crippen LogP contribution in [-0.2, 0) is 11.4 Å². The number of carbonyl (C=O) groups excluding carboxylic acids is 1. The molecule has 19 heavy (non-hydrogen) atoms. The second-order valence-corrected chi connectivity index (χ2v) is 3.98. The highest BCUT2D eigenvalue weighted by molar-refractivity contribution is 5.73. The first kappa shape index (κ1) is 13.0. The van der Waals surface area contributed by atoms with Crippen LogP contribution in [-0.4, -0.2) is 6.29 Å². The largest absolute Gasteiger partial charge is 0.489 e. The summed E-state index contributed by atoms with van der Waals surface area (Å²) in [5.74, 6) is 0.433. The first-order valence-electron chi connectivity index (χ1n) is 5.87. The average Bonchev–Trinajstić information content (AvgIpc) is 2.44. The van der Waals surface area contributed by atoms with Gasteiger partial charge in [-0.05, 0) is 41.5 Å². The van der Waals surface area contributed by atoms with Crippen LogP contribution in [0.15, 0.2) is 54.6 Å². The van der Waals surface area contributed by atoms with E-state index in [-0.39, 0.29) is 5.82 Å². The van der Waals surface area contributed by atoms with Gasteiger partial charge in [-0.1, -0.05) is 30.3 Å². The zero-order valence-electron chi connectivity index (χ0n) is 10.3. The maximum absolute atomic E-state index is 13.0. The van der Waals surface area contributed by atoms with Crippen LogP contribution in [0.1, 0.15) is 11.1 Å². The van der Waals surface area contributed by atoms with E-state index in [9.17, 15) is 9.18 Å². The van der Waals surface area contributed by atoms with Gasteiger partial charge in [0, 0.05) is 0 Å². The zero-order valence-corrected chi connectivity index (χ0v) is 10.3. The van der Waals surface area contributed by atoms with Crippen LogP contribution in [0, 0.1) is 5.82 Å².